The Morgan fingerprint density at radius 2 is 1.81 bits per heavy atom. The molecule has 0 fully saturated rings. The zero-order valence-electron chi connectivity index (χ0n) is 8.69. The Labute approximate surface area is 104 Å². The minimum atomic E-state index is -3.30. The second kappa shape index (κ2) is 6.22. The lowest BCUT2D eigenvalue weighted by Gasteiger charge is -2.07. The summed E-state index contributed by atoms with van der Waals surface area (Å²) in [5, 5.41) is 8.56. The van der Waals surface area contributed by atoms with Crippen molar-refractivity contribution in [3.05, 3.63) is 28.7 Å². The van der Waals surface area contributed by atoms with Crippen LogP contribution in [0.2, 0.25) is 0 Å². The van der Waals surface area contributed by atoms with Gasteiger partial charge in [0.1, 0.15) is 0 Å². The summed E-state index contributed by atoms with van der Waals surface area (Å²) in [6.07, 6.45) is 0.962. The van der Waals surface area contributed by atoms with Crippen molar-refractivity contribution in [2.45, 2.75) is 12.8 Å². The van der Waals surface area contributed by atoms with Gasteiger partial charge in [-0.3, -0.25) is 4.72 Å². The van der Waals surface area contributed by atoms with E-state index in [0.717, 1.165) is 4.47 Å². The van der Waals surface area contributed by atoms with Crippen LogP contribution in [0.5, 0.6) is 0 Å². The number of nitrogens with one attached hydrogen (secondary N) is 1. The van der Waals surface area contributed by atoms with Crippen LogP contribution in [0.25, 0.3) is 0 Å². The third-order valence-corrected chi connectivity index (χ3v) is 3.84. The van der Waals surface area contributed by atoms with Gasteiger partial charge in [-0.15, -0.1) is 0 Å². The van der Waals surface area contributed by atoms with E-state index in [-0.39, 0.29) is 12.4 Å². The summed E-state index contributed by atoms with van der Waals surface area (Å²) in [6, 6.07) is 6.92. The van der Waals surface area contributed by atoms with Crippen LogP contribution in [0.15, 0.2) is 28.7 Å². The van der Waals surface area contributed by atoms with Crippen molar-refractivity contribution in [3.63, 3.8) is 0 Å². The first-order valence-corrected chi connectivity index (χ1v) is 7.35. The summed E-state index contributed by atoms with van der Waals surface area (Å²) in [7, 11) is -3.30. The number of hydrogen-bond donors (Lipinski definition) is 2. The number of sulfonamides is 1. The number of anilines is 1. The van der Waals surface area contributed by atoms with Crippen molar-refractivity contribution < 1.29 is 13.5 Å². The van der Waals surface area contributed by atoms with Crippen molar-refractivity contribution in [1.29, 1.82) is 0 Å². The molecule has 1 rings (SSSR count). The van der Waals surface area contributed by atoms with Gasteiger partial charge in [0.15, 0.2) is 0 Å². The number of rotatable bonds is 6. The molecule has 0 aliphatic heterocycles. The number of aliphatic hydroxyl groups excluding tert-OH is 1. The predicted molar refractivity (Wildman–Crippen MR) is 67.9 cm³/mol. The first kappa shape index (κ1) is 13.5. The maximum atomic E-state index is 11.6. The molecular weight excluding hydrogens is 294 g/mol. The topological polar surface area (TPSA) is 66.4 Å². The molecular formula is C10H14BrNO3S. The third kappa shape index (κ3) is 4.96. The van der Waals surface area contributed by atoms with Crippen molar-refractivity contribution >= 4 is 31.6 Å². The highest BCUT2D eigenvalue weighted by Crippen LogP contribution is 2.15. The molecule has 4 nitrogen and oxygen atoms in total. The van der Waals surface area contributed by atoms with Crippen LogP contribution < -0.4 is 4.72 Å². The maximum Gasteiger partial charge on any atom is 0.232 e. The van der Waals surface area contributed by atoms with Crippen LogP contribution >= 0.6 is 15.9 Å². The van der Waals surface area contributed by atoms with E-state index in [1.165, 1.54) is 0 Å². The van der Waals surface area contributed by atoms with E-state index in [9.17, 15) is 8.42 Å². The SMILES string of the molecule is O=S(=O)(CCCCO)Nc1ccc(Br)cc1. The predicted octanol–water partition coefficient (Wildman–Crippen LogP) is 1.96. The standard InChI is InChI=1S/C10H14BrNO3S/c11-9-3-5-10(6-4-9)12-16(14,15)8-2-1-7-13/h3-6,12-13H,1-2,7-8H2. The first-order valence-electron chi connectivity index (χ1n) is 4.90. The highest BCUT2D eigenvalue weighted by atomic mass is 79.9. The molecule has 0 unspecified atom stereocenters. The molecule has 0 aliphatic carbocycles. The van der Waals surface area contributed by atoms with Gasteiger partial charge in [-0.05, 0) is 37.1 Å². The van der Waals surface area contributed by atoms with Gasteiger partial charge in [0, 0.05) is 16.8 Å². The summed E-state index contributed by atoms with van der Waals surface area (Å²) >= 11 is 3.27. The summed E-state index contributed by atoms with van der Waals surface area (Å²) in [4.78, 5) is 0. The van der Waals surface area contributed by atoms with Crippen LogP contribution in [-0.4, -0.2) is 25.9 Å². The number of unbranched alkanes of at least 4 members (excludes halogenated alkanes) is 1. The molecule has 0 radical (unpaired) electrons. The van der Waals surface area contributed by atoms with Gasteiger partial charge < -0.3 is 5.11 Å². The number of hydrogen-bond acceptors (Lipinski definition) is 3. The van der Waals surface area contributed by atoms with E-state index >= 15 is 0 Å². The minimum Gasteiger partial charge on any atom is -0.396 e. The molecule has 1 aromatic rings. The smallest absolute Gasteiger partial charge is 0.232 e. The van der Waals surface area contributed by atoms with Crippen molar-refractivity contribution in [3.8, 4) is 0 Å². The van der Waals surface area contributed by atoms with E-state index in [0.29, 0.717) is 18.5 Å². The lowest BCUT2D eigenvalue weighted by molar-refractivity contribution is 0.287. The largest absolute Gasteiger partial charge is 0.396 e. The number of benzene rings is 1. The monoisotopic (exact) mass is 307 g/mol. The molecule has 2 N–H and O–H groups in total. The van der Waals surface area contributed by atoms with E-state index in [2.05, 4.69) is 20.7 Å². The van der Waals surface area contributed by atoms with Crippen molar-refractivity contribution in [2.24, 2.45) is 0 Å². The summed E-state index contributed by atoms with van der Waals surface area (Å²) in [5.41, 5.74) is 0.548. The number of aliphatic hydroxyl groups is 1. The molecule has 0 aliphatic rings. The number of halogens is 1. The Bertz CT molecular complexity index is 416. The second-order valence-corrected chi connectivity index (χ2v) is 6.12. The Morgan fingerprint density at radius 3 is 2.38 bits per heavy atom. The summed E-state index contributed by atoms with van der Waals surface area (Å²) < 4.78 is 26.5. The Morgan fingerprint density at radius 1 is 1.19 bits per heavy atom. The van der Waals surface area contributed by atoms with Crippen molar-refractivity contribution in [2.75, 3.05) is 17.1 Å². The third-order valence-electron chi connectivity index (χ3n) is 1.94. The summed E-state index contributed by atoms with van der Waals surface area (Å²) in [6.45, 7) is 0.0216. The molecule has 0 atom stereocenters. The van der Waals surface area contributed by atoms with Gasteiger partial charge in [-0.2, -0.15) is 0 Å². The highest BCUT2D eigenvalue weighted by Gasteiger charge is 2.09. The molecule has 16 heavy (non-hydrogen) atoms. The van der Waals surface area contributed by atoms with Crippen LogP contribution in [0.4, 0.5) is 5.69 Å². The normalized spacial score (nSPS) is 11.4. The fourth-order valence-corrected chi connectivity index (χ4v) is 2.60. The average Bonchev–Trinajstić information content (AvgIpc) is 2.21. The summed E-state index contributed by atoms with van der Waals surface area (Å²) in [5.74, 6) is 0.0314. The first-order chi connectivity index (χ1) is 7.53. The molecule has 0 saturated carbocycles. The molecule has 90 valence electrons. The maximum absolute atomic E-state index is 11.6. The van der Waals surface area contributed by atoms with Gasteiger partial charge in [-0.25, -0.2) is 8.42 Å². The molecule has 0 amide bonds. The lowest BCUT2D eigenvalue weighted by atomic mass is 10.3. The average molecular weight is 308 g/mol. The highest BCUT2D eigenvalue weighted by molar-refractivity contribution is 9.10. The lowest BCUT2D eigenvalue weighted by Crippen LogP contribution is -2.16. The quantitative estimate of drug-likeness (QED) is 0.790. The van der Waals surface area contributed by atoms with Gasteiger partial charge in [0.2, 0.25) is 10.0 Å². The van der Waals surface area contributed by atoms with E-state index in [1.807, 2.05) is 0 Å². The van der Waals surface area contributed by atoms with Crippen LogP contribution in [-0.2, 0) is 10.0 Å². The van der Waals surface area contributed by atoms with Gasteiger partial charge in [-0.1, -0.05) is 15.9 Å². The van der Waals surface area contributed by atoms with E-state index < -0.39 is 10.0 Å². The van der Waals surface area contributed by atoms with Gasteiger partial charge in [0.05, 0.1) is 5.75 Å². The van der Waals surface area contributed by atoms with Crippen LogP contribution in [0.3, 0.4) is 0 Å². The second-order valence-electron chi connectivity index (χ2n) is 3.36. The Kier molecular flexibility index (Phi) is 5.24. The molecule has 0 aromatic heterocycles. The molecule has 6 heteroatoms. The Balaban J connectivity index is 2.55. The van der Waals surface area contributed by atoms with Gasteiger partial charge in [0.25, 0.3) is 0 Å². The van der Waals surface area contributed by atoms with Gasteiger partial charge >= 0.3 is 0 Å². The Hall–Kier alpha value is -0.590. The van der Waals surface area contributed by atoms with E-state index in [1.54, 1.807) is 24.3 Å². The molecule has 0 spiro atoms. The van der Waals surface area contributed by atoms with Crippen molar-refractivity contribution in [1.82, 2.24) is 0 Å². The van der Waals surface area contributed by atoms with E-state index in [4.69, 9.17) is 5.11 Å². The fraction of sp³-hybridized carbons (Fsp3) is 0.400. The molecule has 0 heterocycles. The minimum absolute atomic E-state index is 0.0216. The molecule has 0 saturated heterocycles. The fourth-order valence-electron chi connectivity index (χ4n) is 1.15. The zero-order chi connectivity index (χ0) is 12.0. The van der Waals surface area contributed by atoms with Crippen LogP contribution in [0, 0.1) is 0 Å². The van der Waals surface area contributed by atoms with Crippen LogP contribution in [0.1, 0.15) is 12.8 Å². The molecule has 1 aromatic carbocycles. The molecule has 0 bridgehead atoms. The zero-order valence-corrected chi connectivity index (χ0v) is 11.1.